The molecule has 1 N–H and O–H groups in total. The average molecular weight is 375 g/mol. The number of nitrogens with one attached hydrogen (secondary N) is 1. The van der Waals surface area contributed by atoms with Gasteiger partial charge in [-0.05, 0) is 30.2 Å². The summed E-state index contributed by atoms with van der Waals surface area (Å²) in [7, 11) is 0. The first-order chi connectivity index (χ1) is 12.0. The second kappa shape index (κ2) is 7.72. The first-order valence-electron chi connectivity index (χ1n) is 7.78. The number of oxazole rings is 1. The third kappa shape index (κ3) is 4.41. The van der Waals surface area contributed by atoms with E-state index in [4.69, 9.17) is 27.6 Å². The fourth-order valence-corrected chi connectivity index (χ4v) is 2.85. The molecule has 0 aliphatic heterocycles. The minimum absolute atomic E-state index is 0.0823. The standard InChI is InChI=1S/C19H16Cl2N2O2/c1-12-22-17(11-25-12)13-5-8-15(9-6-13)23-18(24)10-7-14-3-2-4-16(20)19(14)21/h2-6,8-9,11H,7,10H2,1H3,(H,23,24). The van der Waals surface area contributed by atoms with E-state index in [1.54, 1.807) is 19.3 Å². The Morgan fingerprint density at radius 1 is 1.16 bits per heavy atom. The maximum Gasteiger partial charge on any atom is 0.224 e. The van der Waals surface area contributed by atoms with Gasteiger partial charge in [0.05, 0.1) is 10.0 Å². The van der Waals surface area contributed by atoms with Gasteiger partial charge >= 0.3 is 0 Å². The summed E-state index contributed by atoms with van der Waals surface area (Å²) in [5.41, 5.74) is 3.29. The number of nitrogens with zero attached hydrogens (tertiary/aromatic N) is 1. The van der Waals surface area contributed by atoms with Gasteiger partial charge in [0.15, 0.2) is 5.89 Å². The van der Waals surface area contributed by atoms with Crippen molar-refractivity contribution in [3.8, 4) is 11.3 Å². The Morgan fingerprint density at radius 2 is 1.92 bits per heavy atom. The molecule has 6 heteroatoms. The molecule has 0 fully saturated rings. The zero-order valence-electron chi connectivity index (χ0n) is 13.6. The van der Waals surface area contributed by atoms with Crippen LogP contribution in [0.1, 0.15) is 17.9 Å². The highest BCUT2D eigenvalue weighted by Crippen LogP contribution is 2.26. The maximum atomic E-state index is 12.1. The monoisotopic (exact) mass is 374 g/mol. The molecule has 0 atom stereocenters. The average Bonchev–Trinajstić information content (AvgIpc) is 3.03. The Morgan fingerprint density at radius 3 is 2.60 bits per heavy atom. The summed E-state index contributed by atoms with van der Waals surface area (Å²) in [6.07, 6.45) is 2.46. The van der Waals surface area contributed by atoms with E-state index in [2.05, 4.69) is 10.3 Å². The molecule has 0 aliphatic rings. The van der Waals surface area contributed by atoms with Crippen LogP contribution in [0.5, 0.6) is 0 Å². The third-order valence-electron chi connectivity index (χ3n) is 3.74. The van der Waals surface area contributed by atoms with Gasteiger partial charge in [-0.15, -0.1) is 0 Å². The molecule has 0 unspecified atom stereocenters. The molecule has 0 saturated heterocycles. The SMILES string of the molecule is Cc1nc(-c2ccc(NC(=O)CCc3cccc(Cl)c3Cl)cc2)co1. The molecule has 0 saturated carbocycles. The lowest BCUT2D eigenvalue weighted by molar-refractivity contribution is -0.116. The van der Waals surface area contributed by atoms with Crippen LogP contribution in [-0.2, 0) is 11.2 Å². The number of hydrogen-bond donors (Lipinski definition) is 1. The van der Waals surface area contributed by atoms with Crippen molar-refractivity contribution >= 4 is 34.8 Å². The molecular formula is C19H16Cl2N2O2. The largest absolute Gasteiger partial charge is 0.449 e. The molecule has 0 bridgehead atoms. The highest BCUT2D eigenvalue weighted by atomic mass is 35.5. The number of anilines is 1. The summed E-state index contributed by atoms with van der Waals surface area (Å²) in [5, 5.41) is 3.87. The molecular weight excluding hydrogens is 359 g/mol. The quantitative estimate of drug-likeness (QED) is 0.638. The van der Waals surface area contributed by atoms with Crippen molar-refractivity contribution in [2.24, 2.45) is 0 Å². The van der Waals surface area contributed by atoms with Crippen molar-refractivity contribution in [1.29, 1.82) is 0 Å². The molecule has 2 aromatic carbocycles. The van der Waals surface area contributed by atoms with E-state index in [1.165, 1.54) is 0 Å². The Balaban J connectivity index is 1.58. The highest BCUT2D eigenvalue weighted by Gasteiger charge is 2.09. The Labute approximate surface area is 155 Å². The van der Waals surface area contributed by atoms with Crippen LogP contribution < -0.4 is 5.32 Å². The predicted octanol–water partition coefficient (Wildman–Crippen LogP) is 5.53. The molecule has 0 aliphatic carbocycles. The van der Waals surface area contributed by atoms with Crippen LogP contribution in [0.15, 0.2) is 53.1 Å². The number of benzene rings is 2. The molecule has 128 valence electrons. The zero-order valence-corrected chi connectivity index (χ0v) is 15.1. The van der Waals surface area contributed by atoms with Gasteiger partial charge in [0.2, 0.25) is 5.91 Å². The van der Waals surface area contributed by atoms with Crippen LogP contribution in [0.3, 0.4) is 0 Å². The molecule has 25 heavy (non-hydrogen) atoms. The second-order valence-electron chi connectivity index (χ2n) is 5.59. The van der Waals surface area contributed by atoms with Crippen molar-refractivity contribution in [3.63, 3.8) is 0 Å². The fraction of sp³-hybridized carbons (Fsp3) is 0.158. The number of rotatable bonds is 5. The maximum absolute atomic E-state index is 12.1. The van der Waals surface area contributed by atoms with Gasteiger partial charge < -0.3 is 9.73 Å². The summed E-state index contributed by atoms with van der Waals surface area (Å²) < 4.78 is 5.20. The van der Waals surface area contributed by atoms with E-state index in [0.717, 1.165) is 22.5 Å². The summed E-state index contributed by atoms with van der Waals surface area (Å²) in [5.74, 6) is 0.535. The van der Waals surface area contributed by atoms with Crippen LogP contribution in [0.4, 0.5) is 5.69 Å². The summed E-state index contributed by atoms with van der Waals surface area (Å²) in [6, 6.07) is 12.9. The van der Waals surface area contributed by atoms with Crippen molar-refractivity contribution in [2.75, 3.05) is 5.32 Å². The fourth-order valence-electron chi connectivity index (χ4n) is 2.43. The topological polar surface area (TPSA) is 55.1 Å². The van der Waals surface area contributed by atoms with Gasteiger partial charge in [0, 0.05) is 24.6 Å². The van der Waals surface area contributed by atoms with Crippen molar-refractivity contribution < 1.29 is 9.21 Å². The van der Waals surface area contributed by atoms with E-state index in [-0.39, 0.29) is 5.91 Å². The van der Waals surface area contributed by atoms with Crippen LogP contribution in [0.25, 0.3) is 11.3 Å². The van der Waals surface area contributed by atoms with Gasteiger partial charge in [0.1, 0.15) is 12.0 Å². The molecule has 0 radical (unpaired) electrons. The van der Waals surface area contributed by atoms with Gasteiger partial charge in [-0.1, -0.05) is 47.5 Å². The lowest BCUT2D eigenvalue weighted by Crippen LogP contribution is -2.12. The van der Waals surface area contributed by atoms with Crippen LogP contribution in [0.2, 0.25) is 10.0 Å². The summed E-state index contributed by atoms with van der Waals surface area (Å²) in [6.45, 7) is 1.80. The van der Waals surface area contributed by atoms with E-state index < -0.39 is 0 Å². The van der Waals surface area contributed by atoms with Crippen LogP contribution in [0, 0.1) is 6.92 Å². The summed E-state index contributed by atoms with van der Waals surface area (Å²) in [4.78, 5) is 16.4. The molecule has 1 aromatic heterocycles. The third-order valence-corrected chi connectivity index (χ3v) is 4.59. The smallest absolute Gasteiger partial charge is 0.224 e. The first kappa shape index (κ1) is 17.5. The molecule has 3 aromatic rings. The second-order valence-corrected chi connectivity index (χ2v) is 6.38. The van der Waals surface area contributed by atoms with E-state index in [0.29, 0.717) is 28.8 Å². The number of halogens is 2. The van der Waals surface area contributed by atoms with Crippen molar-refractivity contribution in [3.05, 3.63) is 70.2 Å². The number of aryl methyl sites for hydroxylation is 2. The van der Waals surface area contributed by atoms with E-state index >= 15 is 0 Å². The number of carbonyl (C=O) groups is 1. The van der Waals surface area contributed by atoms with Crippen LogP contribution >= 0.6 is 23.2 Å². The number of aromatic nitrogens is 1. The Bertz CT molecular complexity index is 889. The van der Waals surface area contributed by atoms with Gasteiger partial charge in [-0.25, -0.2) is 4.98 Å². The molecule has 0 spiro atoms. The van der Waals surface area contributed by atoms with Crippen molar-refractivity contribution in [1.82, 2.24) is 4.98 Å². The molecule has 1 amide bonds. The van der Waals surface area contributed by atoms with E-state index in [1.807, 2.05) is 36.4 Å². The lowest BCUT2D eigenvalue weighted by Gasteiger charge is -2.07. The number of carbonyl (C=O) groups excluding carboxylic acids is 1. The minimum atomic E-state index is -0.0823. The first-order valence-corrected chi connectivity index (χ1v) is 8.54. The molecule has 4 nitrogen and oxygen atoms in total. The zero-order chi connectivity index (χ0) is 17.8. The van der Waals surface area contributed by atoms with Crippen molar-refractivity contribution in [2.45, 2.75) is 19.8 Å². The summed E-state index contributed by atoms with van der Waals surface area (Å²) >= 11 is 12.1. The minimum Gasteiger partial charge on any atom is -0.449 e. The van der Waals surface area contributed by atoms with Crippen LogP contribution in [-0.4, -0.2) is 10.9 Å². The molecule has 1 heterocycles. The number of hydrogen-bond acceptors (Lipinski definition) is 3. The Kier molecular flexibility index (Phi) is 5.41. The predicted molar refractivity (Wildman–Crippen MR) is 100 cm³/mol. The van der Waals surface area contributed by atoms with Gasteiger partial charge in [-0.3, -0.25) is 4.79 Å². The highest BCUT2D eigenvalue weighted by molar-refractivity contribution is 6.42. The Hall–Kier alpha value is -2.30. The molecule has 3 rings (SSSR count). The van der Waals surface area contributed by atoms with Gasteiger partial charge in [-0.2, -0.15) is 0 Å². The number of amides is 1. The van der Waals surface area contributed by atoms with E-state index in [9.17, 15) is 4.79 Å². The normalized spacial score (nSPS) is 10.7. The van der Waals surface area contributed by atoms with Gasteiger partial charge in [0.25, 0.3) is 0 Å². The lowest BCUT2D eigenvalue weighted by atomic mass is 10.1.